The smallest absolute Gasteiger partial charge is 0.351 e. The molecule has 0 unspecified atom stereocenters. The Balaban J connectivity index is 1.11. The van der Waals surface area contributed by atoms with Crippen molar-refractivity contribution >= 4 is 34.6 Å². The van der Waals surface area contributed by atoms with Gasteiger partial charge in [-0.15, -0.1) is 0 Å². The van der Waals surface area contributed by atoms with Gasteiger partial charge in [0.1, 0.15) is 41.7 Å². The zero-order valence-electron chi connectivity index (χ0n) is 32.5. The molecule has 7 rings (SSSR count). The molecule has 3 fully saturated rings. The number of benzene rings is 1. The summed E-state index contributed by atoms with van der Waals surface area (Å²) in [4.78, 5) is 55.1. The molecule has 55 heavy (non-hydrogen) atoms. The van der Waals surface area contributed by atoms with Crippen LogP contribution in [0.2, 0.25) is 0 Å². The van der Waals surface area contributed by atoms with Crippen LogP contribution in [-0.2, 0) is 38.0 Å². The van der Waals surface area contributed by atoms with E-state index in [0.717, 1.165) is 30.8 Å². The lowest BCUT2D eigenvalue weighted by Gasteiger charge is -2.58. The molecule has 294 valence electrons. The van der Waals surface area contributed by atoms with Gasteiger partial charge in [-0.2, -0.15) is 0 Å². The van der Waals surface area contributed by atoms with E-state index >= 15 is 0 Å². The number of rotatable bonds is 6. The minimum Gasteiger partial charge on any atom is -0.462 e. The number of hydrogen-bond acceptors (Lipinski definition) is 12. The van der Waals surface area contributed by atoms with Gasteiger partial charge < -0.3 is 37.7 Å². The highest BCUT2D eigenvalue weighted by Crippen LogP contribution is 2.72. The van der Waals surface area contributed by atoms with Gasteiger partial charge in [-0.1, -0.05) is 42.4 Å². The van der Waals surface area contributed by atoms with E-state index < -0.39 is 58.3 Å². The van der Waals surface area contributed by atoms with E-state index in [1.165, 1.54) is 23.8 Å². The first kappa shape index (κ1) is 38.7. The summed E-state index contributed by atoms with van der Waals surface area (Å²) in [5, 5.41) is 0.586. The van der Waals surface area contributed by atoms with Crippen molar-refractivity contribution in [1.82, 2.24) is 0 Å². The number of carbonyl (C=O) groups is 3. The van der Waals surface area contributed by atoms with Crippen LogP contribution in [0, 0.1) is 10.8 Å². The molecule has 8 atom stereocenters. The van der Waals surface area contributed by atoms with Gasteiger partial charge in [0.15, 0.2) is 0 Å². The molecule has 3 aliphatic heterocycles. The van der Waals surface area contributed by atoms with Crippen molar-refractivity contribution in [1.29, 1.82) is 0 Å². The van der Waals surface area contributed by atoms with Gasteiger partial charge in [0.05, 0.1) is 30.8 Å². The predicted octanol–water partition coefficient (Wildman–Crippen LogP) is 6.16. The third kappa shape index (κ3) is 6.97. The maximum absolute atomic E-state index is 13.4. The van der Waals surface area contributed by atoms with Crippen molar-refractivity contribution in [3.63, 3.8) is 0 Å². The molecule has 0 radical (unpaired) electrons. The zero-order valence-corrected chi connectivity index (χ0v) is 32.5. The first-order valence-electron chi connectivity index (χ1n) is 19.4. The average Bonchev–Trinajstić information content (AvgIpc) is 3.93. The largest absolute Gasteiger partial charge is 0.462 e. The quantitative estimate of drug-likeness (QED) is 0.110. The summed E-state index contributed by atoms with van der Waals surface area (Å²) >= 11 is 0. The molecular formula is C43H51NO11. The fraction of sp³-hybridized carbons (Fsp3) is 0.535. The van der Waals surface area contributed by atoms with Crippen LogP contribution in [0.15, 0.2) is 81.1 Å². The highest BCUT2D eigenvalue weighted by Gasteiger charge is 2.83. The molecule has 4 heterocycles. The van der Waals surface area contributed by atoms with E-state index in [-0.39, 0.29) is 31.0 Å². The van der Waals surface area contributed by atoms with Crippen LogP contribution in [0.25, 0.3) is 11.0 Å². The van der Waals surface area contributed by atoms with Crippen LogP contribution in [0.1, 0.15) is 77.6 Å². The Hall–Kier alpha value is -4.52. The monoisotopic (exact) mass is 757 g/mol. The van der Waals surface area contributed by atoms with Crippen LogP contribution in [0.4, 0.5) is 5.69 Å². The molecule has 12 nitrogen and oxygen atoms in total. The Morgan fingerprint density at radius 3 is 2.53 bits per heavy atom. The SMILES string of the molecule is CCN(CC)c1ccc2cc(C(=O)O[C@H](C)[C@@H]3/C=C\C=CC(=O)O[C@@H]4C[C@H]5O[C@@H]6C=C(C)CC[C@]6(COC(=O)/C=C(/C)CCO3)[C@]4(C)[C@@]53CO3)c(=O)oc2c1. The van der Waals surface area contributed by atoms with E-state index in [1.807, 2.05) is 26.8 Å². The Morgan fingerprint density at radius 1 is 1.00 bits per heavy atom. The summed E-state index contributed by atoms with van der Waals surface area (Å²) in [6.07, 6.45) is 9.39. The standard InChI is InChI=1S/C43H51NO11/c1-7-44(8-2)30-14-13-29-21-31(40(48)53-33(29)22-30)39(47)52-28(5)32-11-9-10-12-37(45)55-34-23-36-43(25-51-43)41(34,6)42(17-15-26(3)19-35(42)54-36)24-50-38(46)20-27(4)16-18-49-32/h9-14,19-22,28,32,34-36H,7-8,15-18,23-25H2,1-6H3/b11-9-,12-10?,27-20-/t28-,32+,34-,35-,36-,41-,42-,43-/m1/s1. The van der Waals surface area contributed by atoms with E-state index in [2.05, 4.69) is 24.8 Å². The third-order valence-electron chi connectivity index (χ3n) is 12.6. The topological polar surface area (TPSA) is 143 Å². The van der Waals surface area contributed by atoms with E-state index in [4.69, 9.17) is 32.8 Å². The van der Waals surface area contributed by atoms with Gasteiger partial charge >= 0.3 is 23.5 Å². The van der Waals surface area contributed by atoms with Crippen LogP contribution in [-0.4, -0.2) is 86.9 Å². The minimum absolute atomic E-state index is 0.0827. The molecule has 1 aromatic heterocycles. The molecular weight excluding hydrogens is 706 g/mol. The third-order valence-corrected chi connectivity index (χ3v) is 12.6. The van der Waals surface area contributed by atoms with Gasteiger partial charge in [-0.3, -0.25) is 0 Å². The van der Waals surface area contributed by atoms with Crippen molar-refractivity contribution in [2.24, 2.45) is 10.8 Å². The summed E-state index contributed by atoms with van der Waals surface area (Å²) in [5.41, 5.74) is 0.219. The molecule has 1 saturated carbocycles. The lowest BCUT2D eigenvalue weighted by molar-refractivity contribution is -0.232. The van der Waals surface area contributed by atoms with E-state index in [9.17, 15) is 19.2 Å². The number of carbonyl (C=O) groups excluding carboxylic acids is 3. The Labute approximate surface area is 321 Å². The first-order valence-corrected chi connectivity index (χ1v) is 19.4. The summed E-state index contributed by atoms with van der Waals surface area (Å²) < 4.78 is 42.6. The van der Waals surface area contributed by atoms with Crippen LogP contribution in [0.5, 0.6) is 0 Å². The number of hydrogen-bond donors (Lipinski definition) is 0. The molecule has 12 heteroatoms. The summed E-state index contributed by atoms with van der Waals surface area (Å²) in [6.45, 7) is 14.1. The van der Waals surface area contributed by atoms with Gasteiger partial charge in [0, 0.05) is 54.2 Å². The number of allylic oxidation sites excluding steroid dienone is 3. The molecule has 2 saturated heterocycles. The molecule has 2 aromatic rings. The summed E-state index contributed by atoms with van der Waals surface area (Å²) in [7, 11) is 0. The molecule has 2 aliphatic carbocycles. The zero-order chi connectivity index (χ0) is 39.1. The summed E-state index contributed by atoms with van der Waals surface area (Å²) in [5.74, 6) is -1.87. The van der Waals surface area contributed by atoms with E-state index in [1.54, 1.807) is 37.3 Å². The lowest BCUT2D eigenvalue weighted by atomic mass is 9.51. The summed E-state index contributed by atoms with van der Waals surface area (Å²) in [6, 6.07) is 6.98. The lowest BCUT2D eigenvalue weighted by Crippen LogP contribution is -2.66. The number of nitrogens with zero attached hydrogens (tertiary/aromatic N) is 1. The van der Waals surface area contributed by atoms with E-state index in [0.29, 0.717) is 36.8 Å². The predicted molar refractivity (Wildman–Crippen MR) is 204 cm³/mol. The number of esters is 3. The normalized spacial score (nSPS) is 34.2. The average molecular weight is 758 g/mol. The number of epoxide rings is 1. The molecule has 0 N–H and O–H groups in total. The molecule has 1 aromatic carbocycles. The maximum atomic E-state index is 13.4. The van der Waals surface area contributed by atoms with Crippen molar-refractivity contribution in [3.8, 4) is 0 Å². The Kier molecular flexibility index (Phi) is 10.7. The van der Waals surface area contributed by atoms with Crippen molar-refractivity contribution in [2.45, 2.75) is 103 Å². The van der Waals surface area contributed by atoms with Crippen molar-refractivity contribution in [2.75, 3.05) is 37.8 Å². The number of fused-ring (bicyclic) bond motifs is 1. The fourth-order valence-corrected chi connectivity index (χ4v) is 9.17. The Morgan fingerprint density at radius 2 is 1.78 bits per heavy atom. The molecule has 2 bridgehead atoms. The second-order valence-corrected chi connectivity index (χ2v) is 15.6. The highest BCUT2D eigenvalue weighted by molar-refractivity contribution is 5.93. The van der Waals surface area contributed by atoms with Crippen LogP contribution in [0.3, 0.4) is 0 Å². The molecule has 2 spiro atoms. The fourth-order valence-electron chi connectivity index (χ4n) is 9.17. The van der Waals surface area contributed by atoms with Gasteiger partial charge in [-0.05, 0) is 72.1 Å². The van der Waals surface area contributed by atoms with Gasteiger partial charge in [0.2, 0.25) is 0 Å². The second kappa shape index (κ2) is 15.2. The van der Waals surface area contributed by atoms with Gasteiger partial charge in [-0.25, -0.2) is 19.2 Å². The highest BCUT2D eigenvalue weighted by atomic mass is 16.6. The minimum atomic E-state index is -0.856. The van der Waals surface area contributed by atoms with Crippen LogP contribution >= 0.6 is 0 Å². The number of cyclic esters (lactones) is 1. The van der Waals surface area contributed by atoms with Crippen LogP contribution < -0.4 is 10.5 Å². The van der Waals surface area contributed by atoms with Crippen molar-refractivity contribution in [3.05, 3.63) is 87.9 Å². The molecule has 0 amide bonds. The second-order valence-electron chi connectivity index (χ2n) is 15.6. The maximum Gasteiger partial charge on any atom is 0.351 e. The number of ether oxygens (including phenoxy) is 6. The Bertz CT molecular complexity index is 2020. The molecule has 5 aliphatic rings. The number of anilines is 1. The first-order chi connectivity index (χ1) is 26.3. The van der Waals surface area contributed by atoms with Gasteiger partial charge in [0.25, 0.3) is 0 Å². The van der Waals surface area contributed by atoms with Crippen molar-refractivity contribution < 1.29 is 47.2 Å².